The fourth-order valence-electron chi connectivity index (χ4n) is 5.84. The van der Waals surface area contributed by atoms with Crippen LogP contribution in [0, 0.1) is 11.8 Å². The van der Waals surface area contributed by atoms with Crippen LogP contribution in [0.5, 0.6) is 0 Å². The Bertz CT molecular complexity index is 889. The molecule has 0 aromatic heterocycles. The van der Waals surface area contributed by atoms with E-state index in [2.05, 4.69) is 21.6 Å². The summed E-state index contributed by atoms with van der Waals surface area (Å²) in [5.41, 5.74) is 2.92. The number of hydrogen-bond donors (Lipinski definition) is 2. The Hall–Kier alpha value is -2.25. The molecule has 0 radical (unpaired) electrons. The minimum atomic E-state index is -0.545. The first-order valence-corrected chi connectivity index (χ1v) is 12.3. The largest absolute Gasteiger partial charge is 0.322 e. The number of imide groups is 1. The zero-order valence-corrected chi connectivity index (χ0v) is 18.8. The van der Waals surface area contributed by atoms with Crippen LogP contribution in [0.4, 0.5) is 0 Å². The van der Waals surface area contributed by atoms with Crippen LogP contribution in [0.3, 0.4) is 0 Å². The predicted molar refractivity (Wildman–Crippen MR) is 121 cm³/mol. The van der Waals surface area contributed by atoms with Crippen LogP contribution in [0.2, 0.25) is 0 Å². The van der Waals surface area contributed by atoms with Gasteiger partial charge in [-0.15, -0.1) is 0 Å². The SMILES string of the molecule is O=C1CCC(N2Cc3cc(CN4CC(CCCC5CCCNC5)C4)ccc3C2=O)C(=O)N1. The van der Waals surface area contributed by atoms with E-state index in [0.717, 1.165) is 23.9 Å². The fraction of sp³-hybridized carbons (Fsp3) is 0.640. The highest BCUT2D eigenvalue weighted by atomic mass is 16.2. The van der Waals surface area contributed by atoms with Crippen LogP contribution in [0.1, 0.15) is 66.4 Å². The zero-order valence-electron chi connectivity index (χ0n) is 18.8. The molecule has 3 amide bonds. The van der Waals surface area contributed by atoms with Gasteiger partial charge in [0, 0.05) is 38.2 Å². The van der Waals surface area contributed by atoms with E-state index in [4.69, 9.17) is 0 Å². The van der Waals surface area contributed by atoms with Crippen molar-refractivity contribution in [1.82, 2.24) is 20.4 Å². The number of likely N-dealkylation sites (tertiary alicyclic amines) is 1. The Balaban J connectivity index is 1.09. The highest BCUT2D eigenvalue weighted by Gasteiger charge is 2.39. The number of nitrogens with zero attached hydrogens (tertiary/aromatic N) is 2. The number of hydrogen-bond acceptors (Lipinski definition) is 5. The second kappa shape index (κ2) is 9.32. The Morgan fingerprint density at radius 1 is 1.03 bits per heavy atom. The van der Waals surface area contributed by atoms with E-state index < -0.39 is 6.04 Å². The van der Waals surface area contributed by atoms with Gasteiger partial charge < -0.3 is 10.2 Å². The lowest BCUT2D eigenvalue weighted by Crippen LogP contribution is -2.52. The maximum absolute atomic E-state index is 12.8. The third-order valence-corrected chi connectivity index (χ3v) is 7.65. The van der Waals surface area contributed by atoms with E-state index in [9.17, 15) is 14.4 Å². The number of fused-ring (bicyclic) bond motifs is 1. The van der Waals surface area contributed by atoms with Crippen LogP contribution in [0.25, 0.3) is 0 Å². The Labute approximate surface area is 189 Å². The van der Waals surface area contributed by atoms with Gasteiger partial charge in [0.25, 0.3) is 5.91 Å². The summed E-state index contributed by atoms with van der Waals surface area (Å²) in [6.07, 6.45) is 7.48. The molecule has 0 saturated carbocycles. The van der Waals surface area contributed by atoms with Gasteiger partial charge in [-0.1, -0.05) is 18.6 Å². The molecule has 2 unspecified atom stereocenters. The minimum Gasteiger partial charge on any atom is -0.322 e. The normalized spacial score (nSPS) is 26.8. The highest BCUT2D eigenvalue weighted by Crippen LogP contribution is 2.30. The number of carbonyl (C=O) groups is 3. The third-order valence-electron chi connectivity index (χ3n) is 7.65. The molecule has 0 aliphatic carbocycles. The third kappa shape index (κ3) is 4.59. The second-order valence-electron chi connectivity index (χ2n) is 10.1. The molecular formula is C25H34N4O3. The van der Waals surface area contributed by atoms with Crippen LogP contribution in [-0.2, 0) is 22.7 Å². The molecule has 3 saturated heterocycles. The molecule has 4 heterocycles. The smallest absolute Gasteiger partial charge is 0.255 e. The first kappa shape index (κ1) is 21.6. The van der Waals surface area contributed by atoms with Crippen LogP contribution >= 0.6 is 0 Å². The van der Waals surface area contributed by atoms with Gasteiger partial charge >= 0.3 is 0 Å². The van der Waals surface area contributed by atoms with E-state index in [0.29, 0.717) is 18.5 Å². The Morgan fingerprint density at radius 3 is 2.66 bits per heavy atom. The quantitative estimate of drug-likeness (QED) is 0.637. The van der Waals surface area contributed by atoms with Crippen LogP contribution in [0.15, 0.2) is 18.2 Å². The standard InChI is InChI=1S/C25H34N4O3/c30-23-9-8-22(24(31)27-23)29-16-20-11-18(6-7-21(20)25(29)32)13-28-14-19(15-28)4-1-3-17-5-2-10-26-12-17/h6-7,11,17,19,22,26H,1-5,8-10,12-16H2,(H,27,30,31). The molecule has 1 aromatic carbocycles. The predicted octanol–water partition coefficient (Wildman–Crippen LogP) is 2.05. The van der Waals surface area contributed by atoms with E-state index in [1.54, 1.807) is 4.90 Å². The Kier molecular flexibility index (Phi) is 6.28. The zero-order chi connectivity index (χ0) is 22.1. The number of benzene rings is 1. The van der Waals surface area contributed by atoms with Gasteiger partial charge in [-0.25, -0.2) is 0 Å². The van der Waals surface area contributed by atoms with Gasteiger partial charge in [-0.3, -0.25) is 24.6 Å². The van der Waals surface area contributed by atoms with Crippen molar-refractivity contribution >= 4 is 17.7 Å². The molecule has 5 rings (SSSR count). The maximum atomic E-state index is 12.8. The number of piperidine rings is 2. The Morgan fingerprint density at radius 2 is 1.88 bits per heavy atom. The van der Waals surface area contributed by atoms with Gasteiger partial charge in [-0.2, -0.15) is 0 Å². The molecule has 3 fully saturated rings. The topological polar surface area (TPSA) is 81.8 Å². The number of rotatable bonds is 7. The average Bonchev–Trinajstić information content (AvgIpc) is 3.08. The lowest BCUT2D eigenvalue weighted by atomic mass is 9.88. The summed E-state index contributed by atoms with van der Waals surface area (Å²) in [4.78, 5) is 40.6. The molecule has 2 atom stereocenters. The van der Waals surface area contributed by atoms with E-state index in [1.807, 2.05) is 12.1 Å². The summed E-state index contributed by atoms with van der Waals surface area (Å²) in [5.74, 6) is 1.00. The van der Waals surface area contributed by atoms with Crippen molar-refractivity contribution in [1.29, 1.82) is 0 Å². The summed E-state index contributed by atoms with van der Waals surface area (Å²) in [6.45, 7) is 6.11. The molecule has 0 bridgehead atoms. The second-order valence-corrected chi connectivity index (χ2v) is 10.1. The van der Waals surface area contributed by atoms with Gasteiger partial charge in [-0.05, 0) is 74.2 Å². The van der Waals surface area contributed by atoms with Gasteiger partial charge in [0.15, 0.2) is 0 Å². The highest BCUT2D eigenvalue weighted by molar-refractivity contribution is 6.05. The first-order valence-electron chi connectivity index (χ1n) is 12.3. The van der Waals surface area contributed by atoms with Crippen molar-refractivity contribution in [2.75, 3.05) is 26.2 Å². The van der Waals surface area contributed by atoms with Gasteiger partial charge in [0.2, 0.25) is 11.8 Å². The van der Waals surface area contributed by atoms with E-state index in [1.165, 1.54) is 63.8 Å². The molecule has 2 N–H and O–H groups in total. The molecule has 1 aromatic rings. The average molecular weight is 439 g/mol. The van der Waals surface area contributed by atoms with Gasteiger partial charge in [0.1, 0.15) is 6.04 Å². The molecule has 32 heavy (non-hydrogen) atoms. The lowest BCUT2D eigenvalue weighted by Gasteiger charge is -2.39. The number of nitrogens with one attached hydrogen (secondary N) is 2. The molecule has 0 spiro atoms. The summed E-state index contributed by atoms with van der Waals surface area (Å²) in [6, 6.07) is 5.54. The fourth-order valence-corrected chi connectivity index (χ4v) is 5.84. The van der Waals surface area contributed by atoms with Gasteiger partial charge in [0.05, 0.1) is 0 Å². The minimum absolute atomic E-state index is 0.0989. The summed E-state index contributed by atoms with van der Waals surface area (Å²) < 4.78 is 0. The first-order chi connectivity index (χ1) is 15.6. The monoisotopic (exact) mass is 438 g/mol. The van der Waals surface area contributed by atoms with Crippen molar-refractivity contribution in [2.24, 2.45) is 11.8 Å². The number of amides is 3. The van der Waals surface area contributed by atoms with Crippen LogP contribution < -0.4 is 10.6 Å². The van der Waals surface area contributed by atoms with Crippen molar-refractivity contribution in [3.8, 4) is 0 Å². The summed E-state index contributed by atoms with van der Waals surface area (Å²) >= 11 is 0. The molecule has 7 nitrogen and oxygen atoms in total. The van der Waals surface area contributed by atoms with Crippen molar-refractivity contribution < 1.29 is 14.4 Å². The van der Waals surface area contributed by atoms with Crippen molar-refractivity contribution in [3.05, 3.63) is 34.9 Å². The molecule has 4 aliphatic heterocycles. The van der Waals surface area contributed by atoms with E-state index >= 15 is 0 Å². The van der Waals surface area contributed by atoms with Crippen LogP contribution in [-0.4, -0.2) is 59.7 Å². The van der Waals surface area contributed by atoms with Crippen molar-refractivity contribution in [3.63, 3.8) is 0 Å². The molecular weight excluding hydrogens is 404 g/mol. The lowest BCUT2D eigenvalue weighted by molar-refractivity contribution is -0.136. The summed E-state index contributed by atoms with van der Waals surface area (Å²) in [5, 5.41) is 5.88. The number of carbonyl (C=O) groups excluding carboxylic acids is 3. The van der Waals surface area contributed by atoms with Crippen molar-refractivity contribution in [2.45, 2.75) is 64.1 Å². The maximum Gasteiger partial charge on any atom is 0.255 e. The summed E-state index contributed by atoms with van der Waals surface area (Å²) in [7, 11) is 0. The molecule has 7 heteroatoms. The molecule has 172 valence electrons. The van der Waals surface area contributed by atoms with E-state index in [-0.39, 0.29) is 24.1 Å². The molecule has 4 aliphatic rings.